The normalized spacial score (nSPS) is 10.9. The average Bonchev–Trinajstić information content (AvgIpc) is 2.45. The molecule has 0 aliphatic carbocycles. The zero-order valence-electron chi connectivity index (χ0n) is 12.4. The topological polar surface area (TPSA) is 68.9 Å². The Morgan fingerprint density at radius 3 is 2.81 bits per heavy atom. The number of nitrogens with two attached hydrogens (primary N) is 1. The van der Waals surface area contributed by atoms with Crippen molar-refractivity contribution in [2.75, 3.05) is 26.9 Å². The van der Waals surface area contributed by atoms with Gasteiger partial charge in [-0.1, -0.05) is 6.07 Å². The number of ether oxygens (including phenoxy) is 2. The molecule has 1 rings (SSSR count). The lowest BCUT2D eigenvalue weighted by atomic mass is 10.2. The summed E-state index contributed by atoms with van der Waals surface area (Å²) < 4.78 is 23.5. The molecule has 0 spiro atoms. The van der Waals surface area contributed by atoms with E-state index in [9.17, 15) is 4.39 Å². The number of nitrogens with zero attached hydrogens (tertiary/aromatic N) is 1. The van der Waals surface area contributed by atoms with E-state index in [4.69, 9.17) is 15.2 Å². The van der Waals surface area contributed by atoms with Crippen molar-refractivity contribution in [2.24, 2.45) is 10.7 Å². The number of nitrogens with one attached hydrogen (secondary N) is 1. The number of halogens is 2. The Labute approximate surface area is 142 Å². The third-order valence-electron chi connectivity index (χ3n) is 2.62. The number of methoxy groups -OCH3 is 1. The maximum atomic E-state index is 13.5. The second kappa shape index (κ2) is 11.6. The number of aliphatic imine (C=N–C) groups is 1. The number of rotatable bonds is 8. The van der Waals surface area contributed by atoms with Crippen LogP contribution in [-0.4, -0.2) is 32.8 Å². The van der Waals surface area contributed by atoms with Gasteiger partial charge in [0.2, 0.25) is 0 Å². The minimum absolute atomic E-state index is 0. The highest BCUT2D eigenvalue weighted by molar-refractivity contribution is 14.0. The van der Waals surface area contributed by atoms with Gasteiger partial charge in [0.1, 0.15) is 0 Å². The molecule has 1 aromatic rings. The summed E-state index contributed by atoms with van der Waals surface area (Å²) in [5.41, 5.74) is 6.45. The first-order chi connectivity index (χ1) is 9.67. The highest BCUT2D eigenvalue weighted by Crippen LogP contribution is 2.17. The van der Waals surface area contributed by atoms with Gasteiger partial charge < -0.3 is 20.5 Å². The van der Waals surface area contributed by atoms with Gasteiger partial charge in [-0.3, -0.25) is 0 Å². The van der Waals surface area contributed by atoms with Gasteiger partial charge in [-0.25, -0.2) is 9.38 Å². The Bertz CT molecular complexity index is 444. The molecule has 3 N–H and O–H groups in total. The second-order valence-electron chi connectivity index (χ2n) is 4.15. The van der Waals surface area contributed by atoms with Crippen LogP contribution in [0.4, 0.5) is 4.39 Å². The zero-order chi connectivity index (χ0) is 14.8. The molecule has 0 radical (unpaired) electrons. The summed E-state index contributed by atoms with van der Waals surface area (Å²) in [5, 5.41) is 2.98. The average molecular weight is 411 g/mol. The van der Waals surface area contributed by atoms with E-state index in [1.807, 2.05) is 6.92 Å². The molecule has 0 fully saturated rings. The van der Waals surface area contributed by atoms with Crippen molar-refractivity contribution in [3.8, 4) is 5.75 Å². The zero-order valence-corrected chi connectivity index (χ0v) is 14.7. The van der Waals surface area contributed by atoms with Gasteiger partial charge in [0.25, 0.3) is 0 Å². The molecular formula is C14H23FIN3O2. The summed E-state index contributed by atoms with van der Waals surface area (Å²) in [6, 6.07) is 4.73. The molecule has 120 valence electrons. The lowest BCUT2D eigenvalue weighted by molar-refractivity contribution is 0.145. The molecule has 7 heteroatoms. The predicted molar refractivity (Wildman–Crippen MR) is 92.8 cm³/mol. The monoisotopic (exact) mass is 411 g/mol. The maximum absolute atomic E-state index is 13.5. The van der Waals surface area contributed by atoms with Crippen molar-refractivity contribution in [1.29, 1.82) is 0 Å². The fraction of sp³-hybridized carbons (Fsp3) is 0.500. The van der Waals surface area contributed by atoms with Crippen LogP contribution in [0.5, 0.6) is 5.75 Å². The lowest BCUT2D eigenvalue weighted by Crippen LogP contribution is -2.32. The van der Waals surface area contributed by atoms with Gasteiger partial charge in [-0.2, -0.15) is 0 Å². The Balaban J connectivity index is 0.00000400. The number of hydrogen-bond donors (Lipinski definition) is 2. The van der Waals surface area contributed by atoms with Gasteiger partial charge in [0, 0.05) is 19.8 Å². The highest BCUT2D eigenvalue weighted by Gasteiger charge is 2.02. The van der Waals surface area contributed by atoms with Gasteiger partial charge in [-0.15, -0.1) is 24.0 Å². The number of hydrogen-bond acceptors (Lipinski definition) is 3. The predicted octanol–water partition coefficient (Wildman–Crippen LogP) is 2.28. The van der Waals surface area contributed by atoms with E-state index in [-0.39, 0.29) is 29.7 Å². The largest absolute Gasteiger partial charge is 0.494 e. The van der Waals surface area contributed by atoms with E-state index < -0.39 is 5.82 Å². The van der Waals surface area contributed by atoms with Gasteiger partial charge >= 0.3 is 0 Å². The molecule has 0 aliphatic heterocycles. The third kappa shape index (κ3) is 8.05. The van der Waals surface area contributed by atoms with Crippen LogP contribution >= 0.6 is 24.0 Å². The molecule has 0 bridgehead atoms. The molecule has 0 aliphatic rings. The summed E-state index contributed by atoms with van der Waals surface area (Å²) in [5.74, 6) is 0.168. The Kier molecular flexibility index (Phi) is 11.0. The summed E-state index contributed by atoms with van der Waals surface area (Å²) in [6.45, 7) is 4.39. The van der Waals surface area contributed by atoms with Crippen molar-refractivity contribution < 1.29 is 13.9 Å². The van der Waals surface area contributed by atoms with Crippen LogP contribution in [0.3, 0.4) is 0 Å². The molecule has 0 atom stereocenters. The van der Waals surface area contributed by atoms with Gasteiger partial charge in [0.15, 0.2) is 17.5 Å². The molecule has 0 unspecified atom stereocenters. The molecule has 1 aromatic carbocycles. The van der Waals surface area contributed by atoms with Crippen LogP contribution in [-0.2, 0) is 11.3 Å². The minimum atomic E-state index is -0.400. The number of guanidine groups is 1. The van der Waals surface area contributed by atoms with E-state index in [0.29, 0.717) is 32.3 Å². The SMILES string of the molecule is CCOCCCNC(N)=NCc1ccc(OC)c(F)c1.I. The first-order valence-electron chi connectivity index (χ1n) is 6.61. The van der Waals surface area contributed by atoms with Crippen molar-refractivity contribution in [3.05, 3.63) is 29.6 Å². The second-order valence-corrected chi connectivity index (χ2v) is 4.15. The standard InChI is InChI=1S/C14H22FN3O2.HI/c1-3-20-8-4-7-17-14(16)18-10-11-5-6-13(19-2)12(15)9-11;/h5-6,9H,3-4,7-8,10H2,1-2H3,(H3,16,17,18);1H. The van der Waals surface area contributed by atoms with Gasteiger partial charge in [-0.05, 0) is 31.0 Å². The van der Waals surface area contributed by atoms with Crippen molar-refractivity contribution >= 4 is 29.9 Å². The molecule has 0 saturated carbocycles. The number of benzene rings is 1. The summed E-state index contributed by atoms with van der Waals surface area (Å²) in [6.07, 6.45) is 0.862. The Morgan fingerprint density at radius 2 is 2.19 bits per heavy atom. The highest BCUT2D eigenvalue weighted by atomic mass is 127. The Morgan fingerprint density at radius 1 is 1.43 bits per heavy atom. The summed E-state index contributed by atoms with van der Waals surface area (Å²) in [7, 11) is 1.43. The molecule has 5 nitrogen and oxygen atoms in total. The maximum Gasteiger partial charge on any atom is 0.188 e. The molecule has 0 saturated heterocycles. The van der Waals surface area contributed by atoms with E-state index in [0.717, 1.165) is 12.0 Å². The van der Waals surface area contributed by atoms with E-state index in [2.05, 4.69) is 10.3 Å². The van der Waals surface area contributed by atoms with Crippen molar-refractivity contribution in [3.63, 3.8) is 0 Å². The molecule has 0 amide bonds. The summed E-state index contributed by atoms with van der Waals surface area (Å²) in [4.78, 5) is 4.14. The van der Waals surface area contributed by atoms with Crippen LogP contribution in [0.15, 0.2) is 23.2 Å². The third-order valence-corrected chi connectivity index (χ3v) is 2.62. The minimum Gasteiger partial charge on any atom is -0.494 e. The van der Waals surface area contributed by atoms with E-state index >= 15 is 0 Å². The molecule has 0 aromatic heterocycles. The molecule has 21 heavy (non-hydrogen) atoms. The van der Waals surface area contributed by atoms with Crippen LogP contribution in [0.25, 0.3) is 0 Å². The smallest absolute Gasteiger partial charge is 0.188 e. The van der Waals surface area contributed by atoms with Gasteiger partial charge in [0.05, 0.1) is 13.7 Å². The lowest BCUT2D eigenvalue weighted by Gasteiger charge is -2.06. The van der Waals surface area contributed by atoms with Crippen molar-refractivity contribution in [2.45, 2.75) is 19.9 Å². The van der Waals surface area contributed by atoms with Crippen LogP contribution in [0, 0.1) is 5.82 Å². The van der Waals surface area contributed by atoms with Crippen LogP contribution < -0.4 is 15.8 Å². The molecular weight excluding hydrogens is 388 g/mol. The first kappa shape index (κ1) is 19.9. The van der Waals surface area contributed by atoms with E-state index in [1.54, 1.807) is 12.1 Å². The van der Waals surface area contributed by atoms with Crippen LogP contribution in [0.1, 0.15) is 18.9 Å². The Hall–Kier alpha value is -1.09. The summed E-state index contributed by atoms with van der Waals surface area (Å²) >= 11 is 0. The first-order valence-corrected chi connectivity index (χ1v) is 6.61. The fourth-order valence-electron chi connectivity index (χ4n) is 1.58. The van der Waals surface area contributed by atoms with Crippen LogP contribution in [0.2, 0.25) is 0 Å². The molecule has 0 heterocycles. The van der Waals surface area contributed by atoms with Crippen molar-refractivity contribution in [1.82, 2.24) is 5.32 Å². The fourth-order valence-corrected chi connectivity index (χ4v) is 1.58. The van der Waals surface area contributed by atoms with E-state index in [1.165, 1.54) is 13.2 Å². The quantitative estimate of drug-likeness (QED) is 0.298.